The minimum atomic E-state index is -0.244. The molecule has 0 atom stereocenters. The Kier molecular flexibility index (Phi) is 6.50. The number of nitrogens with one attached hydrogen (secondary N) is 2. The molecule has 4 aromatic rings. The number of aromatic nitrogens is 3. The van der Waals surface area contributed by atoms with Gasteiger partial charge in [-0.15, -0.1) is 5.10 Å². The van der Waals surface area contributed by atoms with Crippen molar-refractivity contribution >= 4 is 39.1 Å². The van der Waals surface area contributed by atoms with E-state index in [4.69, 9.17) is 4.74 Å². The summed E-state index contributed by atoms with van der Waals surface area (Å²) in [6.07, 6.45) is 1.82. The Balaban J connectivity index is 1.45. The molecular weight excluding hydrogens is 486 g/mol. The second-order valence-electron chi connectivity index (χ2n) is 7.19. The molecule has 3 aromatic carbocycles. The number of rotatable bonds is 6. The van der Waals surface area contributed by atoms with Gasteiger partial charge in [-0.05, 0) is 48.5 Å². The number of hydrogen-bond donors (Lipinski definition) is 2. The molecule has 2 N–H and O–H groups in total. The van der Waals surface area contributed by atoms with E-state index in [0.29, 0.717) is 28.4 Å². The van der Waals surface area contributed by atoms with Crippen molar-refractivity contribution in [1.82, 2.24) is 15.0 Å². The molecule has 0 fully saturated rings. The van der Waals surface area contributed by atoms with Crippen LogP contribution in [0.25, 0.3) is 16.9 Å². The first-order valence-electron chi connectivity index (χ1n) is 9.98. The SMILES string of the molecule is COc1cc(Br)cc(-n2cc(-c3ccc(NC(=O)c4ccc(NC(C)=O)cc4)cc3)nn2)c1. The van der Waals surface area contributed by atoms with Gasteiger partial charge in [-0.25, -0.2) is 4.68 Å². The smallest absolute Gasteiger partial charge is 0.255 e. The van der Waals surface area contributed by atoms with Crippen LogP contribution in [0.15, 0.2) is 77.4 Å². The second kappa shape index (κ2) is 9.66. The number of methoxy groups -OCH3 is 1. The maximum absolute atomic E-state index is 12.5. The van der Waals surface area contributed by atoms with Crippen LogP contribution in [0.2, 0.25) is 0 Å². The van der Waals surface area contributed by atoms with Crippen LogP contribution in [-0.2, 0) is 4.79 Å². The van der Waals surface area contributed by atoms with E-state index in [9.17, 15) is 9.59 Å². The number of benzene rings is 3. The average molecular weight is 506 g/mol. The number of nitrogens with zero attached hydrogens (tertiary/aromatic N) is 3. The van der Waals surface area contributed by atoms with Crippen LogP contribution < -0.4 is 15.4 Å². The summed E-state index contributed by atoms with van der Waals surface area (Å²) in [6.45, 7) is 1.43. The van der Waals surface area contributed by atoms with Gasteiger partial charge >= 0.3 is 0 Å². The third-order valence-electron chi connectivity index (χ3n) is 4.76. The van der Waals surface area contributed by atoms with Crippen LogP contribution >= 0.6 is 15.9 Å². The average Bonchev–Trinajstić information content (AvgIpc) is 3.29. The number of amides is 2. The molecule has 0 saturated carbocycles. The fraction of sp³-hybridized carbons (Fsp3) is 0.0833. The second-order valence-corrected chi connectivity index (χ2v) is 8.10. The summed E-state index contributed by atoms with van der Waals surface area (Å²) in [7, 11) is 1.61. The van der Waals surface area contributed by atoms with Gasteiger partial charge in [-0.1, -0.05) is 33.3 Å². The zero-order chi connectivity index (χ0) is 23.4. The molecule has 0 bridgehead atoms. The zero-order valence-electron chi connectivity index (χ0n) is 17.9. The molecule has 8 nitrogen and oxygen atoms in total. The van der Waals surface area contributed by atoms with Crippen molar-refractivity contribution in [2.24, 2.45) is 0 Å². The summed E-state index contributed by atoms with van der Waals surface area (Å²) in [6, 6.07) is 19.7. The standard InChI is InChI=1S/C24H20BrN5O3/c1-15(31)26-19-9-5-17(6-10-19)24(32)27-20-7-3-16(4-8-20)23-14-30(29-28-23)21-11-18(25)12-22(13-21)33-2/h3-14H,1-2H3,(H,26,31)(H,27,32). The van der Waals surface area contributed by atoms with E-state index in [1.807, 2.05) is 36.5 Å². The minimum absolute atomic E-state index is 0.163. The van der Waals surface area contributed by atoms with E-state index in [-0.39, 0.29) is 11.8 Å². The number of hydrogen-bond acceptors (Lipinski definition) is 5. The van der Waals surface area contributed by atoms with Crippen molar-refractivity contribution in [2.75, 3.05) is 17.7 Å². The fourth-order valence-corrected chi connectivity index (χ4v) is 3.62. The molecule has 0 unspecified atom stereocenters. The molecule has 1 aromatic heterocycles. The highest BCUT2D eigenvalue weighted by molar-refractivity contribution is 9.10. The van der Waals surface area contributed by atoms with Gasteiger partial charge in [-0.2, -0.15) is 0 Å². The highest BCUT2D eigenvalue weighted by Gasteiger charge is 2.10. The van der Waals surface area contributed by atoms with Crippen LogP contribution in [0.5, 0.6) is 5.75 Å². The van der Waals surface area contributed by atoms with Crippen molar-refractivity contribution in [1.29, 1.82) is 0 Å². The molecule has 2 amide bonds. The van der Waals surface area contributed by atoms with Gasteiger partial charge in [0.2, 0.25) is 5.91 Å². The zero-order valence-corrected chi connectivity index (χ0v) is 19.5. The fourth-order valence-electron chi connectivity index (χ4n) is 3.16. The molecule has 0 aliphatic heterocycles. The summed E-state index contributed by atoms with van der Waals surface area (Å²) in [4.78, 5) is 23.6. The van der Waals surface area contributed by atoms with Gasteiger partial charge in [0.25, 0.3) is 5.91 Å². The minimum Gasteiger partial charge on any atom is -0.497 e. The van der Waals surface area contributed by atoms with Crippen molar-refractivity contribution in [3.05, 3.63) is 83.0 Å². The van der Waals surface area contributed by atoms with Gasteiger partial charge in [-0.3, -0.25) is 9.59 Å². The van der Waals surface area contributed by atoms with Crippen LogP contribution in [-0.4, -0.2) is 33.9 Å². The summed E-state index contributed by atoms with van der Waals surface area (Å²) in [5, 5.41) is 14.0. The Morgan fingerprint density at radius 2 is 1.61 bits per heavy atom. The Hall–Kier alpha value is -3.98. The largest absolute Gasteiger partial charge is 0.497 e. The molecule has 33 heavy (non-hydrogen) atoms. The van der Waals surface area contributed by atoms with Crippen molar-refractivity contribution in [3.8, 4) is 22.7 Å². The van der Waals surface area contributed by atoms with Gasteiger partial charge < -0.3 is 15.4 Å². The first-order valence-corrected chi connectivity index (χ1v) is 10.8. The molecular formula is C24H20BrN5O3. The number of anilines is 2. The number of carbonyl (C=O) groups is 2. The third-order valence-corrected chi connectivity index (χ3v) is 5.21. The molecule has 4 rings (SSSR count). The first-order chi connectivity index (χ1) is 15.9. The lowest BCUT2D eigenvalue weighted by molar-refractivity contribution is -0.114. The summed E-state index contributed by atoms with van der Waals surface area (Å²) >= 11 is 3.47. The van der Waals surface area contributed by atoms with Crippen LogP contribution in [0.4, 0.5) is 11.4 Å². The topological polar surface area (TPSA) is 98.1 Å². The van der Waals surface area contributed by atoms with Gasteiger partial charge in [0.1, 0.15) is 11.4 Å². The predicted octanol–water partition coefficient (Wildman–Crippen LogP) is 4.92. The Morgan fingerprint density at radius 1 is 0.939 bits per heavy atom. The highest BCUT2D eigenvalue weighted by Crippen LogP contribution is 2.25. The lowest BCUT2D eigenvalue weighted by Gasteiger charge is -2.07. The monoisotopic (exact) mass is 505 g/mol. The highest BCUT2D eigenvalue weighted by atomic mass is 79.9. The Bertz CT molecular complexity index is 1300. The van der Waals surface area contributed by atoms with E-state index in [0.717, 1.165) is 15.7 Å². The molecule has 166 valence electrons. The van der Waals surface area contributed by atoms with Crippen LogP contribution in [0, 0.1) is 0 Å². The first kappa shape index (κ1) is 22.2. The lowest BCUT2D eigenvalue weighted by atomic mass is 10.1. The van der Waals surface area contributed by atoms with Gasteiger partial charge in [0.05, 0.1) is 19.0 Å². The normalized spacial score (nSPS) is 10.5. The van der Waals surface area contributed by atoms with Crippen LogP contribution in [0.1, 0.15) is 17.3 Å². The molecule has 1 heterocycles. The van der Waals surface area contributed by atoms with Gasteiger partial charge in [0.15, 0.2) is 0 Å². The third kappa shape index (κ3) is 5.45. The Morgan fingerprint density at radius 3 is 2.27 bits per heavy atom. The van der Waals surface area contributed by atoms with E-state index < -0.39 is 0 Å². The maximum atomic E-state index is 12.5. The maximum Gasteiger partial charge on any atom is 0.255 e. The number of carbonyl (C=O) groups excluding carboxylic acids is 2. The van der Waals surface area contributed by atoms with Crippen LogP contribution in [0.3, 0.4) is 0 Å². The Labute approximate surface area is 198 Å². The number of halogens is 1. The summed E-state index contributed by atoms with van der Waals surface area (Å²) < 4.78 is 7.85. The molecule has 0 radical (unpaired) electrons. The molecule has 0 aliphatic rings. The quantitative estimate of drug-likeness (QED) is 0.387. The van der Waals surface area contributed by atoms with Crippen molar-refractivity contribution in [3.63, 3.8) is 0 Å². The summed E-state index contributed by atoms with van der Waals surface area (Å²) in [5.41, 5.74) is 4.15. The molecule has 0 aliphatic carbocycles. The van der Waals surface area contributed by atoms with Crippen molar-refractivity contribution in [2.45, 2.75) is 6.92 Å². The summed E-state index contributed by atoms with van der Waals surface area (Å²) in [5.74, 6) is 0.302. The van der Waals surface area contributed by atoms with Crippen molar-refractivity contribution < 1.29 is 14.3 Å². The molecule has 0 saturated heterocycles. The predicted molar refractivity (Wildman–Crippen MR) is 130 cm³/mol. The number of ether oxygens (including phenoxy) is 1. The molecule has 0 spiro atoms. The van der Waals surface area contributed by atoms with Gasteiger partial charge in [0, 0.05) is 40.0 Å². The van der Waals surface area contributed by atoms with E-state index in [1.54, 1.807) is 48.2 Å². The van der Waals surface area contributed by atoms with E-state index in [1.165, 1.54) is 6.92 Å². The lowest BCUT2D eigenvalue weighted by Crippen LogP contribution is -2.12. The van der Waals surface area contributed by atoms with E-state index >= 15 is 0 Å². The molecule has 9 heteroatoms. The van der Waals surface area contributed by atoms with E-state index in [2.05, 4.69) is 36.9 Å².